The van der Waals surface area contributed by atoms with Crippen LogP contribution in [0.4, 0.5) is 0 Å². The van der Waals surface area contributed by atoms with Crippen LogP contribution >= 0.6 is 7.26 Å². The van der Waals surface area contributed by atoms with Crippen LogP contribution in [0.2, 0.25) is 0 Å². The predicted molar refractivity (Wildman–Crippen MR) is 127 cm³/mol. The van der Waals surface area contributed by atoms with Gasteiger partial charge >= 0.3 is 176 Å². The van der Waals surface area contributed by atoms with E-state index in [1.54, 1.807) is 15.9 Å². The number of benzene rings is 3. The average Bonchev–Trinajstić information content (AvgIpc) is 2.78. The van der Waals surface area contributed by atoms with Gasteiger partial charge < -0.3 is 0 Å². The Morgan fingerprint density at radius 1 is 0.448 bits per heavy atom. The molecule has 0 heterocycles. The Kier molecular flexibility index (Phi) is 4.39. The second-order valence-corrected chi connectivity index (χ2v) is 13.9. The van der Waals surface area contributed by atoms with Gasteiger partial charge in [-0.25, -0.2) is 0 Å². The van der Waals surface area contributed by atoms with Crippen LogP contribution in [0.3, 0.4) is 0 Å². The Balaban J connectivity index is 1.64. The van der Waals surface area contributed by atoms with Crippen molar-refractivity contribution in [2.45, 2.75) is 37.8 Å². The molecule has 3 aromatic rings. The Morgan fingerprint density at radius 2 is 0.793 bits per heavy atom. The quantitative estimate of drug-likeness (QED) is 0.507. The predicted octanol–water partition coefficient (Wildman–Crippen LogP) is 5.54. The summed E-state index contributed by atoms with van der Waals surface area (Å²) >= 11 is 0. The first kappa shape index (κ1) is 17.9. The van der Waals surface area contributed by atoms with E-state index in [1.165, 1.54) is 32.1 Å². The number of rotatable bonds is 4. The van der Waals surface area contributed by atoms with E-state index in [4.69, 9.17) is 0 Å². The van der Waals surface area contributed by atoms with Crippen LogP contribution in [0.25, 0.3) is 0 Å². The minimum absolute atomic E-state index is 0.836. The van der Waals surface area contributed by atoms with Crippen LogP contribution in [-0.4, -0.2) is 5.66 Å². The molecule has 0 radical (unpaired) electrons. The minimum atomic E-state index is -2.13. The van der Waals surface area contributed by atoms with Gasteiger partial charge in [0.25, 0.3) is 0 Å². The van der Waals surface area contributed by atoms with Crippen molar-refractivity contribution >= 4 is 23.2 Å². The Hall–Kier alpha value is -1.91. The van der Waals surface area contributed by atoms with Gasteiger partial charge in [0.1, 0.15) is 0 Å². The summed E-state index contributed by atoms with van der Waals surface area (Å²) in [6.07, 6.45) is 7.46. The maximum absolute atomic E-state index is 2.46. The van der Waals surface area contributed by atoms with Gasteiger partial charge in [0.05, 0.1) is 0 Å². The first-order chi connectivity index (χ1) is 14.4. The van der Waals surface area contributed by atoms with Gasteiger partial charge in [0.15, 0.2) is 0 Å². The van der Waals surface area contributed by atoms with Crippen LogP contribution in [0.5, 0.6) is 0 Å². The fourth-order valence-electron chi connectivity index (χ4n) is 7.81. The molecule has 0 atom stereocenters. The number of hydrogen-bond acceptors (Lipinski definition) is 0. The second-order valence-electron chi connectivity index (χ2n) is 9.86. The first-order valence-electron chi connectivity index (χ1n) is 11.5. The maximum atomic E-state index is 2.46. The molecule has 0 spiro atoms. The first-order valence-corrected chi connectivity index (χ1v) is 13.6. The van der Waals surface area contributed by atoms with Crippen LogP contribution in [0, 0.1) is 23.7 Å². The summed E-state index contributed by atoms with van der Waals surface area (Å²) < 4.78 is 0. The summed E-state index contributed by atoms with van der Waals surface area (Å²) in [5, 5.41) is 4.86. The van der Waals surface area contributed by atoms with Crippen molar-refractivity contribution in [1.29, 1.82) is 0 Å². The summed E-state index contributed by atoms with van der Waals surface area (Å²) in [6, 6.07) is 35.0. The summed E-state index contributed by atoms with van der Waals surface area (Å²) in [5.74, 6) is 3.86. The molecular weight excluding hydrogens is 367 g/mol. The molecule has 0 aromatic heterocycles. The SMILES string of the molecule is c1ccc([PH](c2ccccc2)(c2ccccc2)C2C3CC4CC(C3)CC2C4)cc1. The third-order valence-corrected chi connectivity index (χ3v) is 14.1. The Labute approximate surface area is 175 Å². The molecule has 4 bridgehead atoms. The standard InChI is InChI=1S/C28H31P/c1-4-10-25(11-5-1)29(26-12-6-2-7-13-26,27-14-8-3-9-15-27)28-23-17-21-16-22(19-23)20-24(28)18-21/h1-15,21-24,28-29H,16-20H2. The van der Waals surface area contributed by atoms with Crippen molar-refractivity contribution in [3.63, 3.8) is 0 Å². The van der Waals surface area contributed by atoms with E-state index in [0.29, 0.717) is 0 Å². The van der Waals surface area contributed by atoms with Crippen LogP contribution in [-0.2, 0) is 0 Å². The van der Waals surface area contributed by atoms with Gasteiger partial charge in [-0.2, -0.15) is 0 Å². The summed E-state index contributed by atoms with van der Waals surface area (Å²) in [6.45, 7) is 0. The molecule has 1 heteroatoms. The van der Waals surface area contributed by atoms with E-state index in [-0.39, 0.29) is 0 Å². The zero-order valence-electron chi connectivity index (χ0n) is 17.1. The molecule has 0 N–H and O–H groups in total. The summed E-state index contributed by atoms with van der Waals surface area (Å²) in [5.41, 5.74) is 0.836. The van der Waals surface area contributed by atoms with Crippen molar-refractivity contribution in [1.82, 2.24) is 0 Å². The Morgan fingerprint density at radius 3 is 1.14 bits per heavy atom. The van der Waals surface area contributed by atoms with Crippen molar-refractivity contribution in [2.75, 3.05) is 0 Å². The van der Waals surface area contributed by atoms with Gasteiger partial charge in [0, 0.05) is 0 Å². The molecule has 0 nitrogen and oxygen atoms in total. The van der Waals surface area contributed by atoms with Crippen LogP contribution in [0.15, 0.2) is 91.0 Å². The molecule has 0 saturated heterocycles. The monoisotopic (exact) mass is 398 g/mol. The zero-order valence-corrected chi connectivity index (χ0v) is 18.1. The molecule has 4 fully saturated rings. The Bertz CT molecular complexity index is 838. The van der Waals surface area contributed by atoms with E-state index in [2.05, 4.69) is 91.0 Å². The molecule has 4 aliphatic carbocycles. The van der Waals surface area contributed by atoms with Gasteiger partial charge in [-0.15, -0.1) is 0 Å². The zero-order chi connectivity index (χ0) is 19.3. The summed E-state index contributed by atoms with van der Waals surface area (Å²) in [7, 11) is -2.13. The van der Waals surface area contributed by atoms with Crippen LogP contribution < -0.4 is 15.9 Å². The average molecular weight is 399 g/mol. The molecule has 0 aliphatic heterocycles. The van der Waals surface area contributed by atoms with E-state index < -0.39 is 7.26 Å². The molecule has 148 valence electrons. The topological polar surface area (TPSA) is 0 Å². The molecule has 0 unspecified atom stereocenters. The molecule has 4 aliphatic rings. The van der Waals surface area contributed by atoms with Gasteiger partial charge in [-0.05, 0) is 0 Å². The van der Waals surface area contributed by atoms with E-state index in [1.807, 2.05) is 0 Å². The van der Waals surface area contributed by atoms with Gasteiger partial charge in [-0.1, -0.05) is 0 Å². The van der Waals surface area contributed by atoms with Gasteiger partial charge in [0.2, 0.25) is 0 Å². The fourth-order valence-corrected chi connectivity index (χ4v) is 14.1. The molecule has 3 aromatic carbocycles. The van der Waals surface area contributed by atoms with E-state index >= 15 is 0 Å². The number of hydrogen-bond donors (Lipinski definition) is 0. The summed E-state index contributed by atoms with van der Waals surface area (Å²) in [4.78, 5) is 0. The van der Waals surface area contributed by atoms with E-state index in [9.17, 15) is 0 Å². The molecular formula is C28H31P. The van der Waals surface area contributed by atoms with Crippen LogP contribution in [0.1, 0.15) is 32.1 Å². The van der Waals surface area contributed by atoms with Gasteiger partial charge in [-0.3, -0.25) is 0 Å². The van der Waals surface area contributed by atoms with Crippen molar-refractivity contribution in [3.05, 3.63) is 91.0 Å². The molecule has 7 rings (SSSR count). The third-order valence-electron chi connectivity index (χ3n) is 8.41. The van der Waals surface area contributed by atoms with Crippen molar-refractivity contribution < 1.29 is 0 Å². The fraction of sp³-hybridized carbons (Fsp3) is 0.357. The molecule has 0 amide bonds. The third kappa shape index (κ3) is 2.76. The van der Waals surface area contributed by atoms with E-state index in [0.717, 1.165) is 29.3 Å². The molecule has 29 heavy (non-hydrogen) atoms. The van der Waals surface area contributed by atoms with Crippen molar-refractivity contribution in [2.24, 2.45) is 23.7 Å². The second kappa shape index (κ2) is 7.10. The van der Waals surface area contributed by atoms with Crippen molar-refractivity contribution in [3.8, 4) is 0 Å². The molecule has 4 saturated carbocycles. The normalized spacial score (nSPS) is 31.0.